The fourth-order valence-electron chi connectivity index (χ4n) is 2.13. The number of anilines is 1. The second kappa shape index (κ2) is 4.23. The summed E-state index contributed by atoms with van der Waals surface area (Å²) < 4.78 is 0. The molecule has 2 nitrogen and oxygen atoms in total. The van der Waals surface area contributed by atoms with Crippen molar-refractivity contribution in [2.75, 3.05) is 18.0 Å². The number of nitrogens with zero attached hydrogens (tertiary/aromatic N) is 1. The first-order valence-electron chi connectivity index (χ1n) is 5.70. The van der Waals surface area contributed by atoms with Crippen LogP contribution in [0.4, 0.5) is 5.69 Å². The van der Waals surface area contributed by atoms with Gasteiger partial charge in [-0.2, -0.15) is 0 Å². The molecule has 0 bridgehead atoms. The third-order valence-corrected chi connectivity index (χ3v) is 3.16. The molecular weight excluding hydrogens is 186 g/mol. The van der Waals surface area contributed by atoms with Gasteiger partial charge in [0.15, 0.2) is 0 Å². The van der Waals surface area contributed by atoms with E-state index in [0.717, 1.165) is 24.6 Å². The van der Waals surface area contributed by atoms with Crippen molar-refractivity contribution in [3.63, 3.8) is 0 Å². The van der Waals surface area contributed by atoms with E-state index in [2.05, 4.69) is 24.0 Å². The van der Waals surface area contributed by atoms with Crippen LogP contribution in [0.15, 0.2) is 24.3 Å². The van der Waals surface area contributed by atoms with Crippen molar-refractivity contribution in [2.24, 2.45) is 5.92 Å². The molecule has 1 unspecified atom stereocenters. The molecular formula is C13H19NO. The van der Waals surface area contributed by atoms with E-state index in [-0.39, 0.29) is 6.10 Å². The van der Waals surface area contributed by atoms with Crippen LogP contribution in [-0.4, -0.2) is 18.2 Å². The Kier molecular flexibility index (Phi) is 2.96. The highest BCUT2D eigenvalue weighted by Gasteiger charge is 2.18. The molecule has 1 fully saturated rings. The van der Waals surface area contributed by atoms with Crippen LogP contribution in [0.25, 0.3) is 0 Å². The number of hydrogen-bond acceptors (Lipinski definition) is 2. The standard InChI is InChI=1S/C13H19NO/c1-10-7-8-14(9-10)13-5-3-12(4-6-13)11(2)15/h3-6,10-11,15H,7-9H2,1-2H3/t10?,11-/m0/s1. The van der Waals surface area contributed by atoms with Crippen LogP contribution in [0.2, 0.25) is 0 Å². The number of rotatable bonds is 2. The molecule has 2 rings (SSSR count). The van der Waals surface area contributed by atoms with Gasteiger partial charge in [0.25, 0.3) is 0 Å². The minimum absolute atomic E-state index is 0.364. The molecule has 0 aromatic heterocycles. The van der Waals surface area contributed by atoms with E-state index in [0.29, 0.717) is 0 Å². The Bertz CT molecular complexity index is 318. The van der Waals surface area contributed by atoms with Crippen molar-refractivity contribution in [2.45, 2.75) is 26.4 Å². The first-order valence-corrected chi connectivity index (χ1v) is 5.70. The fourth-order valence-corrected chi connectivity index (χ4v) is 2.13. The van der Waals surface area contributed by atoms with Crippen LogP contribution in [0, 0.1) is 5.92 Å². The summed E-state index contributed by atoms with van der Waals surface area (Å²) in [7, 11) is 0. The predicted octanol–water partition coefficient (Wildman–Crippen LogP) is 2.59. The zero-order valence-corrected chi connectivity index (χ0v) is 9.48. The van der Waals surface area contributed by atoms with E-state index < -0.39 is 0 Å². The minimum Gasteiger partial charge on any atom is -0.389 e. The molecule has 0 amide bonds. The van der Waals surface area contributed by atoms with E-state index in [1.165, 1.54) is 12.1 Å². The first-order chi connectivity index (χ1) is 7.16. The number of aliphatic hydroxyl groups is 1. The van der Waals surface area contributed by atoms with Crippen molar-refractivity contribution in [3.8, 4) is 0 Å². The normalized spacial score (nSPS) is 23.1. The number of hydrogen-bond donors (Lipinski definition) is 1. The molecule has 15 heavy (non-hydrogen) atoms. The van der Waals surface area contributed by atoms with Gasteiger partial charge in [0, 0.05) is 18.8 Å². The van der Waals surface area contributed by atoms with Gasteiger partial charge >= 0.3 is 0 Å². The van der Waals surface area contributed by atoms with Crippen LogP contribution in [0.3, 0.4) is 0 Å². The van der Waals surface area contributed by atoms with Gasteiger partial charge in [-0.05, 0) is 37.0 Å². The third-order valence-electron chi connectivity index (χ3n) is 3.16. The quantitative estimate of drug-likeness (QED) is 0.802. The van der Waals surface area contributed by atoms with Crippen LogP contribution < -0.4 is 4.90 Å². The summed E-state index contributed by atoms with van der Waals surface area (Å²) in [5.41, 5.74) is 2.27. The molecule has 1 heterocycles. The molecule has 1 aromatic carbocycles. The smallest absolute Gasteiger partial charge is 0.0761 e. The average Bonchev–Trinajstić information content (AvgIpc) is 2.65. The second-order valence-electron chi connectivity index (χ2n) is 4.61. The van der Waals surface area contributed by atoms with Crippen LogP contribution >= 0.6 is 0 Å². The van der Waals surface area contributed by atoms with Crippen molar-refractivity contribution in [1.29, 1.82) is 0 Å². The summed E-state index contributed by atoms with van der Waals surface area (Å²) in [6, 6.07) is 8.26. The highest BCUT2D eigenvalue weighted by molar-refractivity contribution is 5.48. The first kappa shape index (κ1) is 10.5. The fraction of sp³-hybridized carbons (Fsp3) is 0.538. The van der Waals surface area contributed by atoms with Crippen LogP contribution in [-0.2, 0) is 0 Å². The summed E-state index contributed by atoms with van der Waals surface area (Å²) in [6.07, 6.45) is 0.926. The van der Waals surface area contributed by atoms with Gasteiger partial charge in [0.05, 0.1) is 6.10 Å². The lowest BCUT2D eigenvalue weighted by Crippen LogP contribution is -2.18. The SMILES string of the molecule is CC1CCN(c2ccc([C@H](C)O)cc2)C1. The monoisotopic (exact) mass is 205 g/mol. The molecule has 82 valence electrons. The van der Waals surface area contributed by atoms with Crippen molar-refractivity contribution in [3.05, 3.63) is 29.8 Å². The van der Waals surface area contributed by atoms with E-state index >= 15 is 0 Å². The summed E-state index contributed by atoms with van der Waals surface area (Å²) >= 11 is 0. The van der Waals surface area contributed by atoms with Gasteiger partial charge in [0.1, 0.15) is 0 Å². The number of aliphatic hydroxyl groups excluding tert-OH is 1. The maximum Gasteiger partial charge on any atom is 0.0761 e. The van der Waals surface area contributed by atoms with Gasteiger partial charge in [-0.25, -0.2) is 0 Å². The zero-order valence-electron chi connectivity index (χ0n) is 9.48. The Hall–Kier alpha value is -1.02. The molecule has 0 saturated carbocycles. The Morgan fingerprint density at radius 3 is 2.47 bits per heavy atom. The maximum absolute atomic E-state index is 9.41. The molecule has 1 aromatic rings. The molecule has 2 atom stereocenters. The van der Waals surface area contributed by atoms with Gasteiger partial charge in [-0.15, -0.1) is 0 Å². The van der Waals surface area contributed by atoms with Gasteiger partial charge in [0.2, 0.25) is 0 Å². The topological polar surface area (TPSA) is 23.5 Å². The zero-order chi connectivity index (χ0) is 10.8. The lowest BCUT2D eigenvalue weighted by Gasteiger charge is -2.18. The van der Waals surface area contributed by atoms with E-state index in [4.69, 9.17) is 0 Å². The third kappa shape index (κ3) is 2.32. The molecule has 2 heteroatoms. The minimum atomic E-state index is -0.364. The van der Waals surface area contributed by atoms with Crippen molar-refractivity contribution in [1.82, 2.24) is 0 Å². The van der Waals surface area contributed by atoms with Gasteiger partial charge < -0.3 is 10.0 Å². The molecule has 1 aliphatic rings. The lowest BCUT2D eigenvalue weighted by molar-refractivity contribution is 0.199. The Morgan fingerprint density at radius 1 is 1.33 bits per heavy atom. The molecule has 1 aliphatic heterocycles. The van der Waals surface area contributed by atoms with Crippen LogP contribution in [0.1, 0.15) is 31.9 Å². The van der Waals surface area contributed by atoms with Crippen molar-refractivity contribution < 1.29 is 5.11 Å². The number of benzene rings is 1. The largest absolute Gasteiger partial charge is 0.389 e. The highest BCUT2D eigenvalue weighted by atomic mass is 16.3. The Morgan fingerprint density at radius 2 is 2.00 bits per heavy atom. The average molecular weight is 205 g/mol. The molecule has 0 spiro atoms. The van der Waals surface area contributed by atoms with Gasteiger partial charge in [-0.3, -0.25) is 0 Å². The highest BCUT2D eigenvalue weighted by Crippen LogP contribution is 2.24. The molecule has 0 radical (unpaired) electrons. The summed E-state index contributed by atoms with van der Waals surface area (Å²) in [5, 5.41) is 9.41. The summed E-state index contributed by atoms with van der Waals surface area (Å²) in [6.45, 7) is 6.42. The molecule has 0 aliphatic carbocycles. The van der Waals surface area contributed by atoms with E-state index in [1.54, 1.807) is 6.92 Å². The Labute approximate surface area is 91.5 Å². The molecule has 1 saturated heterocycles. The lowest BCUT2D eigenvalue weighted by atomic mass is 10.1. The molecule has 1 N–H and O–H groups in total. The van der Waals surface area contributed by atoms with Gasteiger partial charge in [-0.1, -0.05) is 19.1 Å². The maximum atomic E-state index is 9.41. The van der Waals surface area contributed by atoms with Crippen molar-refractivity contribution >= 4 is 5.69 Å². The summed E-state index contributed by atoms with van der Waals surface area (Å²) in [4.78, 5) is 2.41. The van der Waals surface area contributed by atoms with Crippen LogP contribution in [0.5, 0.6) is 0 Å². The van der Waals surface area contributed by atoms with E-state index in [1.807, 2.05) is 12.1 Å². The Balaban J connectivity index is 2.10. The summed E-state index contributed by atoms with van der Waals surface area (Å²) in [5.74, 6) is 0.807. The second-order valence-corrected chi connectivity index (χ2v) is 4.61. The predicted molar refractivity (Wildman–Crippen MR) is 63.1 cm³/mol. The van der Waals surface area contributed by atoms with E-state index in [9.17, 15) is 5.11 Å².